The van der Waals surface area contributed by atoms with E-state index in [0.29, 0.717) is 9.86 Å². The molecule has 8 heteroatoms. The molecule has 1 aromatic carbocycles. The van der Waals surface area contributed by atoms with E-state index in [9.17, 15) is 8.42 Å². The molecule has 3 rings (SSSR count). The molecule has 2 aromatic heterocycles. The summed E-state index contributed by atoms with van der Waals surface area (Å²) in [6.07, 6.45) is 2.92. The molecule has 0 aliphatic carbocycles. The molecular weight excluding hydrogens is 366 g/mol. The van der Waals surface area contributed by atoms with Crippen molar-refractivity contribution >= 4 is 48.6 Å². The molecule has 0 atom stereocenters. The normalized spacial score (nSPS) is 11.9. The van der Waals surface area contributed by atoms with Gasteiger partial charge in [-0.25, -0.2) is 17.4 Å². The SMILES string of the molecule is O=S(=O)(c1ccccc1)n1cc(Br)c2cnc(Cl)nc21. The Morgan fingerprint density at radius 2 is 1.90 bits per heavy atom. The van der Waals surface area contributed by atoms with Gasteiger partial charge >= 0.3 is 0 Å². The minimum atomic E-state index is -3.72. The zero-order valence-corrected chi connectivity index (χ0v) is 13.0. The first-order valence-electron chi connectivity index (χ1n) is 5.50. The van der Waals surface area contributed by atoms with Gasteiger partial charge in [0, 0.05) is 16.9 Å². The minimum Gasteiger partial charge on any atom is -0.226 e. The minimum absolute atomic E-state index is 0.00684. The number of rotatable bonds is 2. The third kappa shape index (κ3) is 2.11. The molecule has 5 nitrogen and oxygen atoms in total. The fraction of sp³-hybridized carbons (Fsp3) is 0. The third-order valence-corrected chi connectivity index (χ3v) is 5.21. The summed E-state index contributed by atoms with van der Waals surface area (Å²) < 4.78 is 26.9. The average molecular weight is 373 g/mol. The van der Waals surface area contributed by atoms with Crippen LogP contribution in [0.3, 0.4) is 0 Å². The second-order valence-electron chi connectivity index (χ2n) is 3.97. The van der Waals surface area contributed by atoms with Crippen LogP contribution in [-0.4, -0.2) is 22.4 Å². The van der Waals surface area contributed by atoms with Gasteiger partial charge in [-0.05, 0) is 39.7 Å². The van der Waals surface area contributed by atoms with Crippen LogP contribution < -0.4 is 0 Å². The van der Waals surface area contributed by atoms with E-state index in [1.807, 2.05) is 0 Å². The van der Waals surface area contributed by atoms with Crippen LogP contribution in [0.4, 0.5) is 0 Å². The largest absolute Gasteiger partial charge is 0.269 e. The molecule has 0 saturated carbocycles. The van der Waals surface area contributed by atoms with Crippen LogP contribution in [-0.2, 0) is 10.0 Å². The van der Waals surface area contributed by atoms with Gasteiger partial charge in [0.2, 0.25) is 5.28 Å². The van der Waals surface area contributed by atoms with Crippen molar-refractivity contribution in [3.8, 4) is 0 Å². The van der Waals surface area contributed by atoms with Gasteiger partial charge in [-0.1, -0.05) is 18.2 Å². The van der Waals surface area contributed by atoms with Crippen LogP contribution in [0.2, 0.25) is 5.28 Å². The van der Waals surface area contributed by atoms with E-state index < -0.39 is 10.0 Å². The molecule has 0 fully saturated rings. The second-order valence-corrected chi connectivity index (χ2v) is 6.97. The zero-order chi connectivity index (χ0) is 14.3. The van der Waals surface area contributed by atoms with Gasteiger partial charge in [-0.2, -0.15) is 4.98 Å². The van der Waals surface area contributed by atoms with Crippen LogP contribution in [0.25, 0.3) is 11.0 Å². The first kappa shape index (κ1) is 13.5. The first-order chi connectivity index (χ1) is 9.50. The maximum Gasteiger partial charge on any atom is 0.269 e. The number of aromatic nitrogens is 3. The highest BCUT2D eigenvalue weighted by Gasteiger charge is 2.21. The first-order valence-corrected chi connectivity index (χ1v) is 8.11. The van der Waals surface area contributed by atoms with Crippen molar-refractivity contribution in [3.05, 3.63) is 52.5 Å². The Labute approximate surface area is 128 Å². The lowest BCUT2D eigenvalue weighted by atomic mass is 10.4. The fourth-order valence-corrected chi connectivity index (χ4v) is 3.90. The lowest BCUT2D eigenvalue weighted by molar-refractivity contribution is 0.588. The molecule has 0 unspecified atom stereocenters. The smallest absolute Gasteiger partial charge is 0.226 e. The van der Waals surface area contributed by atoms with E-state index in [2.05, 4.69) is 25.9 Å². The van der Waals surface area contributed by atoms with Crippen LogP contribution >= 0.6 is 27.5 Å². The number of nitrogens with zero attached hydrogens (tertiary/aromatic N) is 3. The number of hydrogen-bond acceptors (Lipinski definition) is 4. The highest BCUT2D eigenvalue weighted by Crippen LogP contribution is 2.28. The Morgan fingerprint density at radius 1 is 1.20 bits per heavy atom. The molecule has 0 saturated heterocycles. The topological polar surface area (TPSA) is 64.8 Å². The zero-order valence-electron chi connectivity index (χ0n) is 9.86. The molecule has 102 valence electrons. The maximum atomic E-state index is 12.6. The second kappa shape index (κ2) is 4.83. The van der Waals surface area contributed by atoms with Gasteiger partial charge in [-0.3, -0.25) is 0 Å². The number of halogens is 2. The van der Waals surface area contributed by atoms with E-state index in [1.165, 1.54) is 24.5 Å². The van der Waals surface area contributed by atoms with E-state index in [1.54, 1.807) is 18.2 Å². The molecular formula is C12H7BrClN3O2S. The van der Waals surface area contributed by atoms with Crippen molar-refractivity contribution in [1.29, 1.82) is 0 Å². The molecule has 0 aliphatic heterocycles. The van der Waals surface area contributed by atoms with Crippen LogP contribution in [0.15, 0.2) is 52.1 Å². The Bertz CT molecular complexity index is 894. The maximum absolute atomic E-state index is 12.6. The van der Waals surface area contributed by atoms with Crippen LogP contribution in [0.1, 0.15) is 0 Å². The summed E-state index contributed by atoms with van der Waals surface area (Å²) in [7, 11) is -3.72. The van der Waals surface area contributed by atoms with Crippen molar-refractivity contribution in [2.75, 3.05) is 0 Å². The Balaban J connectivity index is 2.33. The van der Waals surface area contributed by atoms with Crippen molar-refractivity contribution in [3.63, 3.8) is 0 Å². The Hall–Kier alpha value is -1.44. The number of hydrogen-bond donors (Lipinski definition) is 0. The molecule has 0 spiro atoms. The third-order valence-electron chi connectivity index (χ3n) is 2.74. The van der Waals surface area contributed by atoms with Crippen molar-refractivity contribution < 1.29 is 8.42 Å². The molecule has 0 bridgehead atoms. The van der Waals surface area contributed by atoms with Gasteiger partial charge in [0.05, 0.1) is 10.3 Å². The van der Waals surface area contributed by atoms with E-state index >= 15 is 0 Å². The average Bonchev–Trinajstić information content (AvgIpc) is 2.77. The van der Waals surface area contributed by atoms with E-state index in [4.69, 9.17) is 11.6 Å². The molecule has 0 radical (unpaired) electrons. The number of benzene rings is 1. The van der Waals surface area contributed by atoms with Crippen LogP contribution in [0.5, 0.6) is 0 Å². The summed E-state index contributed by atoms with van der Waals surface area (Å²) >= 11 is 9.05. The fourth-order valence-electron chi connectivity index (χ4n) is 1.81. The van der Waals surface area contributed by atoms with Gasteiger partial charge < -0.3 is 0 Å². The van der Waals surface area contributed by atoms with E-state index in [-0.39, 0.29) is 15.8 Å². The molecule has 0 aliphatic rings. The lowest BCUT2D eigenvalue weighted by Gasteiger charge is -2.06. The Morgan fingerprint density at radius 3 is 2.60 bits per heavy atom. The van der Waals surface area contributed by atoms with E-state index in [0.717, 1.165) is 3.97 Å². The van der Waals surface area contributed by atoms with Crippen molar-refractivity contribution in [2.45, 2.75) is 4.90 Å². The predicted octanol–water partition coefficient (Wildman–Crippen LogP) is 3.08. The van der Waals surface area contributed by atoms with Crippen molar-refractivity contribution in [1.82, 2.24) is 13.9 Å². The summed E-state index contributed by atoms with van der Waals surface area (Å²) in [6.45, 7) is 0. The summed E-state index contributed by atoms with van der Waals surface area (Å²) in [4.78, 5) is 8.03. The van der Waals surface area contributed by atoms with Gasteiger partial charge in [0.25, 0.3) is 10.0 Å². The molecule has 3 aromatic rings. The molecule has 20 heavy (non-hydrogen) atoms. The summed E-state index contributed by atoms with van der Waals surface area (Å²) in [5, 5.41) is 0.571. The predicted molar refractivity (Wildman–Crippen MR) is 79.3 cm³/mol. The van der Waals surface area contributed by atoms with Gasteiger partial charge in [-0.15, -0.1) is 0 Å². The summed E-state index contributed by atoms with van der Waals surface area (Å²) in [5.74, 6) is 0. The van der Waals surface area contributed by atoms with Gasteiger partial charge in [0.1, 0.15) is 0 Å². The van der Waals surface area contributed by atoms with Gasteiger partial charge in [0.15, 0.2) is 5.65 Å². The van der Waals surface area contributed by atoms with Crippen LogP contribution in [0, 0.1) is 0 Å². The number of fused-ring (bicyclic) bond motifs is 1. The standard InChI is InChI=1S/C12H7BrClN3O2S/c13-10-7-17(11-9(10)6-15-12(14)16-11)20(18,19)8-4-2-1-3-5-8/h1-7H. The highest BCUT2D eigenvalue weighted by molar-refractivity contribution is 9.10. The van der Waals surface area contributed by atoms with Crippen molar-refractivity contribution in [2.24, 2.45) is 0 Å². The molecule has 0 amide bonds. The summed E-state index contributed by atoms with van der Waals surface area (Å²) in [6, 6.07) is 8.13. The molecule has 0 N–H and O–H groups in total. The quantitative estimate of drug-likeness (QED) is 0.648. The molecule has 2 heterocycles. The lowest BCUT2D eigenvalue weighted by Crippen LogP contribution is -2.12. The summed E-state index contributed by atoms with van der Waals surface area (Å²) in [5.41, 5.74) is 0.237. The Kier molecular flexibility index (Phi) is 3.27. The highest BCUT2D eigenvalue weighted by atomic mass is 79.9. The monoisotopic (exact) mass is 371 g/mol.